The van der Waals surface area contributed by atoms with E-state index in [4.69, 9.17) is 14.7 Å². The number of fused-ring (bicyclic) bond motifs is 3. The van der Waals surface area contributed by atoms with Crippen molar-refractivity contribution >= 4 is 33.3 Å². The molecule has 0 bridgehead atoms. The summed E-state index contributed by atoms with van der Waals surface area (Å²) in [6, 6.07) is 0.235. The third-order valence-corrected chi connectivity index (χ3v) is 8.31. The Bertz CT molecular complexity index is 981. The molecule has 0 radical (unpaired) electrons. The molecule has 1 N–H and O–H groups in total. The van der Waals surface area contributed by atoms with Crippen molar-refractivity contribution in [2.24, 2.45) is 0 Å². The van der Waals surface area contributed by atoms with Gasteiger partial charge in [0.05, 0.1) is 31.7 Å². The van der Waals surface area contributed by atoms with Crippen molar-refractivity contribution in [1.82, 2.24) is 25.1 Å². The van der Waals surface area contributed by atoms with E-state index in [0.29, 0.717) is 6.54 Å². The number of thiophene rings is 1. The molecule has 2 fully saturated rings. The number of hydrogen-bond donors (Lipinski definition) is 1. The summed E-state index contributed by atoms with van der Waals surface area (Å²) in [5.74, 6) is 2.17. The Morgan fingerprint density at radius 1 is 1.09 bits per heavy atom. The van der Waals surface area contributed by atoms with E-state index in [1.165, 1.54) is 28.7 Å². The molecule has 2 aromatic heterocycles. The second-order valence-corrected chi connectivity index (χ2v) is 10.6. The number of amides is 1. The van der Waals surface area contributed by atoms with Crippen LogP contribution in [0.5, 0.6) is 0 Å². The third kappa shape index (κ3) is 5.16. The largest absolute Gasteiger partial charge is 0.379 e. The number of aromatic nitrogens is 2. The summed E-state index contributed by atoms with van der Waals surface area (Å²) in [5.41, 5.74) is 1.48. The van der Waals surface area contributed by atoms with Crippen LogP contribution < -0.4 is 10.2 Å². The first-order valence-electron chi connectivity index (χ1n) is 12.5. The van der Waals surface area contributed by atoms with Gasteiger partial charge in [0.1, 0.15) is 16.5 Å². The van der Waals surface area contributed by atoms with Crippen molar-refractivity contribution in [3.63, 3.8) is 0 Å². The van der Waals surface area contributed by atoms with Crippen molar-refractivity contribution in [1.29, 1.82) is 0 Å². The highest BCUT2D eigenvalue weighted by Gasteiger charge is 2.28. The maximum Gasteiger partial charge on any atom is 0.234 e. The molecule has 1 unspecified atom stereocenters. The number of anilines is 1. The van der Waals surface area contributed by atoms with Crippen molar-refractivity contribution in [3.8, 4) is 0 Å². The van der Waals surface area contributed by atoms with Gasteiger partial charge in [0.15, 0.2) is 0 Å². The number of piperazine rings is 1. The number of ether oxygens (including phenoxy) is 1. The zero-order valence-electron chi connectivity index (χ0n) is 19.9. The van der Waals surface area contributed by atoms with E-state index in [1.807, 2.05) is 11.3 Å². The standard InChI is InChI=1S/C24H36N6O2S/c1-3-17(2)25-21(31)16-28-7-9-30(10-8-28)23-22-18-5-4-6-19(18)33-24(22)27-20(26-23)15-29-11-13-32-14-12-29/h17H,3-16H2,1-2H3,(H,25,31). The van der Waals surface area contributed by atoms with E-state index in [1.54, 1.807) is 0 Å². The second kappa shape index (κ2) is 10.2. The molecular formula is C24H36N6O2S. The number of carbonyl (C=O) groups excluding carboxylic acids is 1. The van der Waals surface area contributed by atoms with Gasteiger partial charge in [0, 0.05) is 50.2 Å². The molecular weight excluding hydrogens is 436 g/mol. The van der Waals surface area contributed by atoms with Gasteiger partial charge in [0.2, 0.25) is 5.91 Å². The third-order valence-electron chi connectivity index (χ3n) is 7.12. The van der Waals surface area contributed by atoms with Gasteiger partial charge < -0.3 is 15.0 Å². The maximum atomic E-state index is 12.3. The lowest BCUT2D eigenvalue weighted by Crippen LogP contribution is -2.50. The van der Waals surface area contributed by atoms with E-state index in [2.05, 4.69) is 33.9 Å². The molecule has 2 saturated heterocycles. The molecule has 3 aliphatic rings. The Kier molecular flexibility index (Phi) is 7.10. The highest BCUT2D eigenvalue weighted by atomic mass is 32.1. The smallest absolute Gasteiger partial charge is 0.234 e. The predicted octanol–water partition coefficient (Wildman–Crippen LogP) is 2.05. The number of hydrogen-bond acceptors (Lipinski definition) is 8. The highest BCUT2D eigenvalue weighted by molar-refractivity contribution is 7.19. The summed E-state index contributed by atoms with van der Waals surface area (Å²) >= 11 is 1.87. The lowest BCUT2D eigenvalue weighted by atomic mass is 10.1. The molecule has 0 saturated carbocycles. The molecule has 0 spiro atoms. The van der Waals surface area contributed by atoms with Crippen LogP contribution in [0.4, 0.5) is 5.82 Å². The van der Waals surface area contributed by atoms with Crippen molar-refractivity contribution in [2.75, 3.05) is 63.9 Å². The summed E-state index contributed by atoms with van der Waals surface area (Å²) in [6.45, 7) is 12.4. The minimum atomic E-state index is 0.130. The lowest BCUT2D eigenvalue weighted by molar-refractivity contribution is -0.122. The van der Waals surface area contributed by atoms with E-state index >= 15 is 0 Å². The summed E-state index contributed by atoms with van der Waals surface area (Å²) in [4.78, 5) is 32.2. The molecule has 1 aliphatic carbocycles. The zero-order valence-corrected chi connectivity index (χ0v) is 20.8. The van der Waals surface area contributed by atoms with Crippen LogP contribution in [-0.2, 0) is 28.9 Å². The fourth-order valence-corrected chi connectivity index (χ4v) is 6.30. The number of nitrogens with one attached hydrogen (secondary N) is 1. The Morgan fingerprint density at radius 2 is 1.88 bits per heavy atom. The van der Waals surface area contributed by atoms with Gasteiger partial charge >= 0.3 is 0 Å². The Labute approximate surface area is 200 Å². The van der Waals surface area contributed by atoms with Crippen LogP contribution >= 0.6 is 11.3 Å². The van der Waals surface area contributed by atoms with Crippen molar-refractivity contribution < 1.29 is 9.53 Å². The molecule has 9 heteroatoms. The molecule has 4 heterocycles. The Morgan fingerprint density at radius 3 is 2.64 bits per heavy atom. The van der Waals surface area contributed by atoms with Gasteiger partial charge in [-0.1, -0.05) is 6.92 Å². The van der Waals surface area contributed by atoms with Crippen molar-refractivity contribution in [3.05, 3.63) is 16.3 Å². The molecule has 2 aromatic rings. The predicted molar refractivity (Wildman–Crippen MR) is 132 cm³/mol. The van der Waals surface area contributed by atoms with Gasteiger partial charge in [-0.2, -0.15) is 0 Å². The topological polar surface area (TPSA) is 73.8 Å². The lowest BCUT2D eigenvalue weighted by Gasteiger charge is -2.35. The second-order valence-electron chi connectivity index (χ2n) is 9.53. The van der Waals surface area contributed by atoms with Crippen LogP contribution in [0.3, 0.4) is 0 Å². The number of morpholine rings is 1. The van der Waals surface area contributed by atoms with Gasteiger partial charge in [-0.25, -0.2) is 9.97 Å². The van der Waals surface area contributed by atoms with E-state index in [9.17, 15) is 4.79 Å². The number of nitrogens with zero attached hydrogens (tertiary/aromatic N) is 5. The van der Waals surface area contributed by atoms with E-state index < -0.39 is 0 Å². The van der Waals surface area contributed by atoms with E-state index in [-0.39, 0.29) is 11.9 Å². The first-order chi connectivity index (χ1) is 16.1. The summed E-state index contributed by atoms with van der Waals surface area (Å²) in [7, 11) is 0. The Hall–Kier alpha value is -1.81. The highest BCUT2D eigenvalue weighted by Crippen LogP contribution is 2.40. The summed E-state index contributed by atoms with van der Waals surface area (Å²) < 4.78 is 5.51. The monoisotopic (exact) mass is 472 g/mol. The number of carbonyl (C=O) groups is 1. The average Bonchev–Trinajstić information content (AvgIpc) is 3.41. The Balaban J connectivity index is 1.33. The normalized spacial score (nSPS) is 20.8. The number of aryl methyl sites for hydroxylation is 2. The molecule has 1 atom stereocenters. The van der Waals surface area contributed by atoms with Gasteiger partial charge in [-0.3, -0.25) is 14.6 Å². The SMILES string of the molecule is CCC(C)NC(=O)CN1CCN(c2nc(CN3CCOCC3)nc3sc4c(c23)CCC4)CC1. The quantitative estimate of drug-likeness (QED) is 0.661. The zero-order chi connectivity index (χ0) is 22.8. The van der Waals surface area contributed by atoms with Crippen LogP contribution in [0.1, 0.15) is 43.0 Å². The summed E-state index contributed by atoms with van der Waals surface area (Å²) in [6.07, 6.45) is 4.52. The molecule has 33 heavy (non-hydrogen) atoms. The molecule has 0 aromatic carbocycles. The first kappa shape index (κ1) is 23.0. The van der Waals surface area contributed by atoms with Crippen LogP contribution in [0.25, 0.3) is 10.2 Å². The fourth-order valence-electron chi connectivity index (χ4n) is 5.02. The minimum Gasteiger partial charge on any atom is -0.379 e. The maximum absolute atomic E-state index is 12.3. The van der Waals surface area contributed by atoms with Crippen molar-refractivity contribution in [2.45, 2.75) is 52.1 Å². The van der Waals surface area contributed by atoms with Crippen LogP contribution in [0.15, 0.2) is 0 Å². The van der Waals surface area contributed by atoms with Gasteiger partial charge in [-0.15, -0.1) is 11.3 Å². The summed E-state index contributed by atoms with van der Waals surface area (Å²) in [5, 5.41) is 4.38. The molecule has 1 amide bonds. The molecule has 8 nitrogen and oxygen atoms in total. The number of rotatable bonds is 7. The molecule has 5 rings (SSSR count). The molecule has 180 valence electrons. The van der Waals surface area contributed by atoms with Crippen LogP contribution in [-0.4, -0.2) is 90.7 Å². The van der Waals surface area contributed by atoms with Gasteiger partial charge in [0.25, 0.3) is 0 Å². The first-order valence-corrected chi connectivity index (χ1v) is 13.3. The molecule has 2 aliphatic heterocycles. The van der Waals surface area contributed by atoms with Crippen LogP contribution in [0.2, 0.25) is 0 Å². The minimum absolute atomic E-state index is 0.130. The van der Waals surface area contributed by atoms with Gasteiger partial charge in [-0.05, 0) is 38.2 Å². The van der Waals surface area contributed by atoms with E-state index in [0.717, 1.165) is 88.3 Å². The fraction of sp³-hybridized carbons (Fsp3) is 0.708. The van der Waals surface area contributed by atoms with Crippen LogP contribution in [0, 0.1) is 0 Å². The average molecular weight is 473 g/mol.